The predicted molar refractivity (Wildman–Crippen MR) is 139 cm³/mol. The number of pyridine rings is 2. The van der Waals surface area contributed by atoms with Crippen LogP contribution in [0.25, 0.3) is 27.8 Å². The van der Waals surface area contributed by atoms with Gasteiger partial charge >= 0.3 is 0 Å². The third-order valence-electron chi connectivity index (χ3n) is 8.46. The average Bonchev–Trinajstić information content (AvgIpc) is 3.48. The molecule has 2 aliphatic heterocycles. The summed E-state index contributed by atoms with van der Waals surface area (Å²) in [4.78, 5) is 19.4. The minimum atomic E-state index is -0.0488. The van der Waals surface area contributed by atoms with E-state index in [-0.39, 0.29) is 11.4 Å². The van der Waals surface area contributed by atoms with E-state index in [1.165, 1.54) is 0 Å². The first-order valence-corrected chi connectivity index (χ1v) is 12.9. The number of nitrogens with one attached hydrogen (secondary N) is 1. The number of nitrogens with zero attached hydrogens (tertiary/aromatic N) is 7. The summed E-state index contributed by atoms with van der Waals surface area (Å²) in [6, 6.07) is 9.38. The smallest absolute Gasteiger partial charge is 0.217 e. The molecule has 0 aromatic carbocycles. The van der Waals surface area contributed by atoms with E-state index in [1.54, 1.807) is 22.3 Å². The van der Waals surface area contributed by atoms with E-state index in [0.29, 0.717) is 23.6 Å². The van der Waals surface area contributed by atoms with Crippen molar-refractivity contribution >= 4 is 17.2 Å². The van der Waals surface area contributed by atoms with Crippen LogP contribution in [0.2, 0.25) is 0 Å². The SMILES string of the molecule is CC(=O)NC12CC3C[C@H](C1)N(c1ccc(-c4cc(-c5cnn(C)c5)cn5ncc(C#N)c45)cn1)[C@@H](C3)C2. The van der Waals surface area contributed by atoms with Crippen molar-refractivity contribution < 1.29 is 4.79 Å². The van der Waals surface area contributed by atoms with Gasteiger partial charge in [0.1, 0.15) is 11.9 Å². The number of anilines is 1. The lowest BCUT2D eigenvalue weighted by atomic mass is 9.59. The molecule has 9 heteroatoms. The first-order chi connectivity index (χ1) is 17.9. The lowest BCUT2D eigenvalue weighted by molar-refractivity contribution is -0.123. The summed E-state index contributed by atoms with van der Waals surface area (Å²) in [6.07, 6.45) is 14.7. The molecule has 4 aliphatic rings. The van der Waals surface area contributed by atoms with Gasteiger partial charge in [-0.15, -0.1) is 0 Å². The maximum Gasteiger partial charge on any atom is 0.217 e. The van der Waals surface area contributed by atoms with Gasteiger partial charge < -0.3 is 10.2 Å². The molecule has 6 heterocycles. The molecule has 4 aromatic heterocycles. The van der Waals surface area contributed by atoms with Gasteiger partial charge in [0.05, 0.1) is 23.5 Å². The largest absolute Gasteiger partial charge is 0.351 e. The molecule has 0 radical (unpaired) electrons. The maximum absolute atomic E-state index is 11.9. The molecule has 4 aromatic rings. The molecule has 4 atom stereocenters. The van der Waals surface area contributed by atoms with E-state index in [0.717, 1.165) is 65.7 Å². The van der Waals surface area contributed by atoms with Crippen molar-refractivity contribution in [3.05, 3.63) is 54.7 Å². The normalized spacial score (nSPS) is 26.0. The molecule has 4 bridgehead atoms. The lowest BCUT2D eigenvalue weighted by Gasteiger charge is -2.62. The van der Waals surface area contributed by atoms with Gasteiger partial charge in [-0.25, -0.2) is 9.50 Å². The minimum absolute atomic E-state index is 0.0488. The van der Waals surface area contributed by atoms with Crippen LogP contribution in [-0.4, -0.2) is 47.9 Å². The monoisotopic (exact) mass is 492 g/mol. The van der Waals surface area contributed by atoms with Crippen molar-refractivity contribution in [2.75, 3.05) is 4.90 Å². The topological polar surface area (TPSA) is 104 Å². The van der Waals surface area contributed by atoms with Gasteiger partial charge in [0.15, 0.2) is 0 Å². The summed E-state index contributed by atoms with van der Waals surface area (Å²) in [5, 5.41) is 21.8. The zero-order chi connectivity index (χ0) is 25.3. The molecule has 186 valence electrons. The van der Waals surface area contributed by atoms with Gasteiger partial charge in [0.25, 0.3) is 0 Å². The number of amides is 1. The Kier molecular flexibility index (Phi) is 4.71. The second kappa shape index (κ2) is 7.90. The quantitative estimate of drug-likeness (QED) is 0.466. The summed E-state index contributed by atoms with van der Waals surface area (Å²) in [5.41, 5.74) is 5.07. The second-order valence-corrected chi connectivity index (χ2v) is 11.0. The third-order valence-corrected chi connectivity index (χ3v) is 8.46. The summed E-state index contributed by atoms with van der Waals surface area (Å²) in [5.74, 6) is 1.74. The highest BCUT2D eigenvalue weighted by Crippen LogP contribution is 2.52. The number of carbonyl (C=O) groups is 1. The fourth-order valence-corrected chi connectivity index (χ4v) is 7.38. The molecule has 1 amide bonds. The van der Waals surface area contributed by atoms with Crippen LogP contribution >= 0.6 is 0 Å². The fourth-order valence-electron chi connectivity index (χ4n) is 7.38. The van der Waals surface area contributed by atoms with Gasteiger partial charge in [-0.2, -0.15) is 15.5 Å². The Labute approximate surface area is 214 Å². The molecule has 4 fully saturated rings. The zero-order valence-corrected chi connectivity index (χ0v) is 20.9. The highest BCUT2D eigenvalue weighted by molar-refractivity contribution is 5.87. The third kappa shape index (κ3) is 3.50. The molecule has 1 N–H and O–H groups in total. The second-order valence-electron chi connectivity index (χ2n) is 11.0. The molecule has 2 saturated heterocycles. The molecule has 2 unspecified atom stereocenters. The van der Waals surface area contributed by atoms with Crippen LogP contribution in [0.4, 0.5) is 5.82 Å². The molecule has 8 rings (SSSR count). The average molecular weight is 493 g/mol. The Balaban J connectivity index is 1.25. The Morgan fingerprint density at radius 3 is 2.51 bits per heavy atom. The van der Waals surface area contributed by atoms with Crippen molar-refractivity contribution in [3.8, 4) is 28.3 Å². The minimum Gasteiger partial charge on any atom is -0.351 e. The van der Waals surface area contributed by atoms with Crippen LogP contribution in [0.1, 0.15) is 44.6 Å². The van der Waals surface area contributed by atoms with Crippen molar-refractivity contribution in [3.63, 3.8) is 0 Å². The number of carbonyl (C=O) groups excluding carboxylic acids is 1. The van der Waals surface area contributed by atoms with E-state index < -0.39 is 0 Å². The standard InChI is InChI=1S/C28H28N8O/c1-17(37)33-28-8-18-5-23(9-28)36(24(6-18)10-28)26-4-3-19(12-30-26)25-7-20(22-14-31-34(2)15-22)16-35-27(25)21(11-29)13-32-35/h3-4,7,12-16,18,23-24H,5-6,8-10H2,1-2H3,(H,33,37)/t18?,23-,24+,28?. The highest BCUT2D eigenvalue weighted by atomic mass is 16.1. The Hall–Kier alpha value is -4.19. The van der Waals surface area contributed by atoms with Gasteiger partial charge in [0, 0.05) is 72.4 Å². The Morgan fingerprint density at radius 1 is 1.05 bits per heavy atom. The molecular weight excluding hydrogens is 464 g/mol. The number of fused-ring (bicyclic) bond motifs is 1. The van der Waals surface area contributed by atoms with Gasteiger partial charge in [-0.3, -0.25) is 9.48 Å². The van der Waals surface area contributed by atoms with Gasteiger partial charge in [0.2, 0.25) is 5.91 Å². The molecule has 0 spiro atoms. The summed E-state index contributed by atoms with van der Waals surface area (Å²) in [6.45, 7) is 1.63. The fraction of sp³-hybridized carbons (Fsp3) is 0.393. The molecule has 2 aliphatic carbocycles. The van der Waals surface area contributed by atoms with Crippen LogP contribution < -0.4 is 10.2 Å². The Morgan fingerprint density at radius 2 is 1.86 bits per heavy atom. The highest BCUT2D eigenvalue weighted by Gasteiger charge is 2.55. The number of aromatic nitrogens is 5. The molecule has 2 saturated carbocycles. The number of nitriles is 1. The summed E-state index contributed by atoms with van der Waals surface area (Å²) in [7, 11) is 1.89. The van der Waals surface area contributed by atoms with Crippen molar-refractivity contribution in [1.82, 2.24) is 29.7 Å². The molecule has 37 heavy (non-hydrogen) atoms. The van der Waals surface area contributed by atoms with Crippen LogP contribution in [0.15, 0.2) is 49.2 Å². The summed E-state index contributed by atoms with van der Waals surface area (Å²) >= 11 is 0. The van der Waals surface area contributed by atoms with Crippen molar-refractivity contribution in [2.45, 2.75) is 56.7 Å². The number of aryl methyl sites for hydroxylation is 1. The van der Waals surface area contributed by atoms with E-state index in [9.17, 15) is 10.1 Å². The van der Waals surface area contributed by atoms with Crippen LogP contribution in [0, 0.1) is 17.2 Å². The van der Waals surface area contributed by atoms with Crippen molar-refractivity contribution in [1.29, 1.82) is 5.26 Å². The van der Waals surface area contributed by atoms with Crippen LogP contribution in [0.3, 0.4) is 0 Å². The van der Waals surface area contributed by atoms with Crippen molar-refractivity contribution in [2.24, 2.45) is 13.0 Å². The first kappa shape index (κ1) is 22.0. The molecular formula is C28H28N8O. The van der Waals surface area contributed by atoms with Crippen LogP contribution in [-0.2, 0) is 11.8 Å². The molecule has 9 nitrogen and oxygen atoms in total. The maximum atomic E-state index is 11.9. The number of rotatable bonds is 4. The van der Waals surface area contributed by atoms with Gasteiger partial charge in [-0.05, 0) is 56.2 Å². The van der Waals surface area contributed by atoms with E-state index in [2.05, 4.69) is 44.7 Å². The Bertz CT molecular complexity index is 1560. The summed E-state index contributed by atoms with van der Waals surface area (Å²) < 4.78 is 3.54. The lowest BCUT2D eigenvalue weighted by Crippen LogP contribution is -2.69. The van der Waals surface area contributed by atoms with E-state index in [4.69, 9.17) is 4.98 Å². The predicted octanol–water partition coefficient (Wildman–Crippen LogP) is 3.69. The number of hydrogen-bond acceptors (Lipinski definition) is 6. The van der Waals surface area contributed by atoms with Gasteiger partial charge in [-0.1, -0.05) is 0 Å². The number of piperidine rings is 2. The van der Waals surface area contributed by atoms with Crippen LogP contribution in [0.5, 0.6) is 0 Å². The zero-order valence-electron chi connectivity index (χ0n) is 20.9. The van der Waals surface area contributed by atoms with E-state index in [1.807, 2.05) is 31.8 Å². The number of hydrogen-bond donors (Lipinski definition) is 1. The van der Waals surface area contributed by atoms with E-state index >= 15 is 0 Å². The first-order valence-electron chi connectivity index (χ1n) is 12.9.